The molecule has 2 aromatic rings. The predicted octanol–water partition coefficient (Wildman–Crippen LogP) is 2.61. The van der Waals surface area contributed by atoms with E-state index in [0.717, 1.165) is 0 Å². The van der Waals surface area contributed by atoms with Crippen molar-refractivity contribution in [3.63, 3.8) is 0 Å². The van der Waals surface area contributed by atoms with Crippen LogP contribution in [0.25, 0.3) is 5.76 Å². The molecular formula is C25H28N2O7. The summed E-state index contributed by atoms with van der Waals surface area (Å²) in [5.41, 5.74) is 0.688. The molecule has 1 unspecified atom stereocenters. The van der Waals surface area contributed by atoms with E-state index in [9.17, 15) is 19.5 Å². The summed E-state index contributed by atoms with van der Waals surface area (Å²) in [6, 6.07) is 10.4. The number of ether oxygens (including phenoxy) is 3. The molecule has 1 atom stereocenters. The lowest BCUT2D eigenvalue weighted by Gasteiger charge is -2.27. The van der Waals surface area contributed by atoms with Crippen LogP contribution in [0, 0.1) is 0 Å². The molecule has 1 N–H and O–H groups in total. The minimum absolute atomic E-state index is 0.0767. The largest absolute Gasteiger partial charge is 0.507 e. The van der Waals surface area contributed by atoms with Gasteiger partial charge < -0.3 is 29.1 Å². The molecule has 1 aliphatic heterocycles. The Bertz CT molecular complexity index is 1140. The van der Waals surface area contributed by atoms with Gasteiger partial charge in [0.2, 0.25) is 0 Å². The molecule has 1 saturated heterocycles. The van der Waals surface area contributed by atoms with Crippen molar-refractivity contribution in [1.29, 1.82) is 0 Å². The van der Waals surface area contributed by atoms with Gasteiger partial charge in [-0.15, -0.1) is 0 Å². The molecule has 0 radical (unpaired) electrons. The molecule has 0 spiro atoms. The van der Waals surface area contributed by atoms with Gasteiger partial charge in [-0.1, -0.05) is 12.1 Å². The molecule has 34 heavy (non-hydrogen) atoms. The highest BCUT2D eigenvalue weighted by molar-refractivity contribution is 6.46. The number of hydrogen-bond donors (Lipinski definition) is 1. The Morgan fingerprint density at radius 2 is 1.79 bits per heavy atom. The fourth-order valence-corrected chi connectivity index (χ4v) is 3.82. The minimum atomic E-state index is -0.887. The standard InChI is InChI=1S/C25H28N2O7/c1-15(28)34-18-8-6-7-16(13-18)22-21(24(30)25(31)27(22)12-11-26(2)3)23(29)19-10-9-17(32-4)14-20(19)33-5/h6-10,13-14,22,29H,11-12H2,1-5H3/b23-21-. The molecule has 0 aliphatic carbocycles. The second-order valence-electron chi connectivity index (χ2n) is 8.03. The third kappa shape index (κ3) is 5.04. The molecule has 1 aliphatic rings. The highest BCUT2D eigenvalue weighted by atomic mass is 16.5. The van der Waals surface area contributed by atoms with Crippen LogP contribution in [0.1, 0.15) is 24.1 Å². The van der Waals surface area contributed by atoms with Gasteiger partial charge in [0.15, 0.2) is 0 Å². The summed E-state index contributed by atoms with van der Waals surface area (Å²) in [6.07, 6.45) is 0. The first kappa shape index (κ1) is 24.8. The van der Waals surface area contributed by atoms with Gasteiger partial charge in [-0.05, 0) is 43.9 Å². The van der Waals surface area contributed by atoms with Crippen LogP contribution in [0.15, 0.2) is 48.0 Å². The first-order chi connectivity index (χ1) is 16.2. The van der Waals surface area contributed by atoms with E-state index in [4.69, 9.17) is 14.2 Å². The quantitative estimate of drug-likeness (QED) is 0.207. The number of hydrogen-bond acceptors (Lipinski definition) is 8. The molecule has 0 aromatic heterocycles. The van der Waals surface area contributed by atoms with E-state index >= 15 is 0 Å². The Morgan fingerprint density at radius 3 is 2.41 bits per heavy atom. The van der Waals surface area contributed by atoms with Crippen LogP contribution < -0.4 is 14.2 Å². The lowest BCUT2D eigenvalue weighted by atomic mass is 9.94. The number of carbonyl (C=O) groups is 3. The lowest BCUT2D eigenvalue weighted by Crippen LogP contribution is -2.35. The van der Waals surface area contributed by atoms with Crippen molar-refractivity contribution in [3.8, 4) is 17.2 Å². The van der Waals surface area contributed by atoms with E-state index in [2.05, 4.69) is 0 Å². The van der Waals surface area contributed by atoms with Gasteiger partial charge in [-0.2, -0.15) is 0 Å². The molecule has 1 amide bonds. The minimum Gasteiger partial charge on any atom is -0.507 e. The first-order valence-corrected chi connectivity index (χ1v) is 10.6. The summed E-state index contributed by atoms with van der Waals surface area (Å²) >= 11 is 0. The summed E-state index contributed by atoms with van der Waals surface area (Å²) in [5, 5.41) is 11.3. The van der Waals surface area contributed by atoms with Crippen molar-refractivity contribution >= 4 is 23.4 Å². The SMILES string of the molecule is COc1ccc(/C(O)=C2/C(=O)C(=O)N(CCN(C)C)C2c2cccc(OC(C)=O)c2)c(OC)c1. The number of rotatable bonds is 8. The number of esters is 1. The average Bonchev–Trinajstić information content (AvgIpc) is 3.06. The van der Waals surface area contributed by atoms with Crippen LogP contribution in [-0.4, -0.2) is 74.0 Å². The van der Waals surface area contributed by atoms with Gasteiger partial charge in [-0.25, -0.2) is 0 Å². The summed E-state index contributed by atoms with van der Waals surface area (Å²) in [4.78, 5) is 41.0. The molecule has 180 valence electrons. The van der Waals surface area contributed by atoms with E-state index < -0.39 is 23.7 Å². The number of amides is 1. The normalized spacial score (nSPS) is 17.2. The summed E-state index contributed by atoms with van der Waals surface area (Å²) < 4.78 is 15.8. The van der Waals surface area contributed by atoms with Gasteiger partial charge in [-0.3, -0.25) is 14.4 Å². The molecule has 9 heteroatoms. The van der Waals surface area contributed by atoms with Crippen LogP contribution in [-0.2, 0) is 14.4 Å². The first-order valence-electron chi connectivity index (χ1n) is 10.6. The highest BCUT2D eigenvalue weighted by Crippen LogP contribution is 2.42. The molecule has 9 nitrogen and oxygen atoms in total. The molecule has 1 fully saturated rings. The van der Waals surface area contributed by atoms with Gasteiger partial charge >= 0.3 is 5.97 Å². The van der Waals surface area contributed by atoms with Gasteiger partial charge in [0.1, 0.15) is 23.0 Å². The second kappa shape index (κ2) is 10.4. The van der Waals surface area contributed by atoms with E-state index in [-0.39, 0.29) is 34.9 Å². The monoisotopic (exact) mass is 468 g/mol. The number of nitrogens with zero attached hydrogens (tertiary/aromatic N) is 2. The number of likely N-dealkylation sites (N-methyl/N-ethyl adjacent to an activating group) is 1. The third-order valence-corrected chi connectivity index (χ3v) is 5.43. The predicted molar refractivity (Wildman–Crippen MR) is 125 cm³/mol. The van der Waals surface area contributed by atoms with Gasteiger partial charge in [0.25, 0.3) is 11.7 Å². The van der Waals surface area contributed by atoms with Crippen LogP contribution in [0.2, 0.25) is 0 Å². The maximum absolute atomic E-state index is 13.2. The Morgan fingerprint density at radius 1 is 1.06 bits per heavy atom. The number of methoxy groups -OCH3 is 2. The second-order valence-corrected chi connectivity index (χ2v) is 8.03. The summed E-state index contributed by atoms with van der Waals surface area (Å²) in [7, 11) is 6.65. The van der Waals surface area contributed by atoms with Crippen molar-refractivity contribution in [3.05, 3.63) is 59.2 Å². The van der Waals surface area contributed by atoms with E-state index in [1.807, 2.05) is 19.0 Å². The Balaban J connectivity index is 2.20. The van der Waals surface area contributed by atoms with Crippen molar-refractivity contribution in [2.75, 3.05) is 41.4 Å². The molecular weight excluding hydrogens is 440 g/mol. The molecule has 0 bridgehead atoms. The number of ketones is 1. The fraction of sp³-hybridized carbons (Fsp3) is 0.320. The van der Waals surface area contributed by atoms with E-state index in [0.29, 0.717) is 17.9 Å². The highest BCUT2D eigenvalue weighted by Gasteiger charge is 2.46. The molecule has 0 saturated carbocycles. The number of aliphatic hydroxyl groups is 1. The number of carbonyl (C=O) groups excluding carboxylic acids is 3. The number of benzene rings is 2. The Hall–Kier alpha value is -3.85. The van der Waals surface area contributed by atoms with Gasteiger partial charge in [0, 0.05) is 26.1 Å². The van der Waals surface area contributed by atoms with Gasteiger partial charge in [0.05, 0.1) is 31.4 Å². The van der Waals surface area contributed by atoms with Crippen molar-refractivity contribution in [1.82, 2.24) is 9.80 Å². The number of likely N-dealkylation sites (tertiary alicyclic amines) is 1. The molecule has 3 rings (SSSR count). The lowest BCUT2D eigenvalue weighted by molar-refractivity contribution is -0.140. The summed E-state index contributed by atoms with van der Waals surface area (Å²) in [5.74, 6) is -1.34. The number of aliphatic hydroxyl groups excluding tert-OH is 1. The Labute approximate surface area is 198 Å². The van der Waals surface area contributed by atoms with E-state index in [1.165, 1.54) is 26.0 Å². The zero-order valence-corrected chi connectivity index (χ0v) is 19.8. The van der Waals surface area contributed by atoms with Crippen LogP contribution in [0.5, 0.6) is 17.2 Å². The Kier molecular flexibility index (Phi) is 7.57. The van der Waals surface area contributed by atoms with Crippen LogP contribution >= 0.6 is 0 Å². The third-order valence-electron chi connectivity index (χ3n) is 5.43. The smallest absolute Gasteiger partial charge is 0.308 e. The van der Waals surface area contributed by atoms with Crippen molar-refractivity contribution in [2.45, 2.75) is 13.0 Å². The van der Waals surface area contributed by atoms with Crippen molar-refractivity contribution < 1.29 is 33.7 Å². The van der Waals surface area contributed by atoms with Crippen molar-refractivity contribution in [2.24, 2.45) is 0 Å². The van der Waals surface area contributed by atoms with Crippen LogP contribution in [0.4, 0.5) is 0 Å². The fourth-order valence-electron chi connectivity index (χ4n) is 3.82. The average molecular weight is 469 g/mol. The van der Waals surface area contributed by atoms with Crippen LogP contribution in [0.3, 0.4) is 0 Å². The maximum atomic E-state index is 13.2. The number of Topliss-reactive ketones (excluding diaryl/α,β-unsaturated/α-hetero) is 1. The zero-order valence-electron chi connectivity index (χ0n) is 19.8. The van der Waals surface area contributed by atoms with E-state index in [1.54, 1.807) is 42.5 Å². The topological polar surface area (TPSA) is 106 Å². The zero-order chi connectivity index (χ0) is 25.0. The maximum Gasteiger partial charge on any atom is 0.308 e. The molecule has 1 heterocycles. The summed E-state index contributed by atoms with van der Waals surface area (Å²) in [6.45, 7) is 2.03. The molecule has 2 aromatic carbocycles.